The van der Waals surface area contributed by atoms with Crippen molar-refractivity contribution >= 4 is 0 Å². The fourth-order valence-electron chi connectivity index (χ4n) is 3.35. The van der Waals surface area contributed by atoms with Gasteiger partial charge in [0.15, 0.2) is 0 Å². The third-order valence-corrected chi connectivity index (χ3v) is 4.78. The largest absolute Gasteiger partial charge is 0.492 e. The van der Waals surface area contributed by atoms with E-state index in [1.54, 1.807) is 12.4 Å². The Hall–Kier alpha value is -2.76. The van der Waals surface area contributed by atoms with Crippen LogP contribution in [0.5, 0.6) is 5.75 Å². The summed E-state index contributed by atoms with van der Waals surface area (Å²) in [6, 6.07) is 16.1. The van der Waals surface area contributed by atoms with Gasteiger partial charge in [0.25, 0.3) is 0 Å². The molecular formula is C22H21FN2O2. The van der Waals surface area contributed by atoms with E-state index < -0.39 is 6.10 Å². The van der Waals surface area contributed by atoms with Crippen LogP contribution in [0.4, 0.5) is 4.39 Å². The quantitative estimate of drug-likeness (QED) is 0.767. The fourth-order valence-corrected chi connectivity index (χ4v) is 3.35. The lowest BCUT2D eigenvalue weighted by Crippen LogP contribution is -2.25. The Morgan fingerprint density at radius 2 is 1.96 bits per heavy atom. The zero-order chi connectivity index (χ0) is 18.6. The number of hydrogen-bond acceptors (Lipinski definition) is 4. The summed E-state index contributed by atoms with van der Waals surface area (Å²) in [7, 11) is 0. The van der Waals surface area contributed by atoms with Crippen molar-refractivity contribution in [2.75, 3.05) is 13.2 Å². The van der Waals surface area contributed by atoms with Gasteiger partial charge in [0.05, 0.1) is 0 Å². The van der Waals surface area contributed by atoms with Crippen LogP contribution >= 0.6 is 0 Å². The number of nitrogens with zero attached hydrogens (tertiary/aromatic N) is 2. The van der Waals surface area contributed by atoms with Gasteiger partial charge in [-0.3, -0.25) is 9.88 Å². The molecule has 0 spiro atoms. The zero-order valence-corrected chi connectivity index (χ0v) is 14.9. The number of pyridine rings is 1. The highest BCUT2D eigenvalue weighted by Crippen LogP contribution is 2.29. The summed E-state index contributed by atoms with van der Waals surface area (Å²) in [6.07, 6.45) is 2.64. The van der Waals surface area contributed by atoms with Gasteiger partial charge in [-0.25, -0.2) is 4.39 Å². The summed E-state index contributed by atoms with van der Waals surface area (Å²) in [5.41, 5.74) is 3.67. The van der Waals surface area contributed by atoms with E-state index in [2.05, 4.69) is 9.88 Å². The Labute approximate surface area is 157 Å². The van der Waals surface area contributed by atoms with Gasteiger partial charge < -0.3 is 9.84 Å². The molecule has 4 nitrogen and oxygen atoms in total. The molecule has 0 radical (unpaired) electrons. The first-order valence-electron chi connectivity index (χ1n) is 8.99. The highest BCUT2D eigenvalue weighted by atomic mass is 19.1. The molecule has 3 aromatic rings. The highest BCUT2D eigenvalue weighted by Gasteiger charge is 2.18. The van der Waals surface area contributed by atoms with Crippen molar-refractivity contribution in [3.63, 3.8) is 0 Å². The monoisotopic (exact) mass is 364 g/mol. The molecule has 0 amide bonds. The van der Waals surface area contributed by atoms with Gasteiger partial charge in [0.1, 0.15) is 24.3 Å². The minimum absolute atomic E-state index is 0.225. The molecule has 1 aliphatic rings. The lowest BCUT2D eigenvalue weighted by atomic mass is 10.00. The van der Waals surface area contributed by atoms with E-state index in [0.717, 1.165) is 41.1 Å². The Bertz CT molecular complexity index is 900. The van der Waals surface area contributed by atoms with E-state index >= 15 is 0 Å². The summed E-state index contributed by atoms with van der Waals surface area (Å²) in [4.78, 5) is 6.34. The van der Waals surface area contributed by atoms with E-state index in [1.807, 2.05) is 42.5 Å². The number of aromatic nitrogens is 1. The molecule has 0 saturated carbocycles. The summed E-state index contributed by atoms with van der Waals surface area (Å²) in [5, 5.41) is 10.7. The second-order valence-corrected chi connectivity index (χ2v) is 6.74. The molecule has 1 aromatic heterocycles. The van der Waals surface area contributed by atoms with Crippen molar-refractivity contribution in [2.24, 2.45) is 0 Å². The molecule has 0 aliphatic carbocycles. The lowest BCUT2D eigenvalue weighted by Gasteiger charge is -2.20. The molecule has 138 valence electrons. The SMILES string of the molecule is OC(c1cccnc1)c1ccc2c(c1)CN(Cc1ccc(F)cc1)CCO2. The van der Waals surface area contributed by atoms with Gasteiger partial charge >= 0.3 is 0 Å². The van der Waals surface area contributed by atoms with Crippen molar-refractivity contribution in [1.29, 1.82) is 0 Å². The number of halogens is 1. The van der Waals surface area contributed by atoms with Crippen LogP contribution in [0.25, 0.3) is 0 Å². The molecule has 1 unspecified atom stereocenters. The molecule has 1 N–H and O–H groups in total. The first-order chi connectivity index (χ1) is 13.2. The minimum Gasteiger partial charge on any atom is -0.492 e. The first-order valence-corrected chi connectivity index (χ1v) is 8.99. The third-order valence-electron chi connectivity index (χ3n) is 4.78. The Balaban J connectivity index is 1.55. The number of aliphatic hydroxyl groups excluding tert-OH is 1. The van der Waals surface area contributed by atoms with Gasteiger partial charge in [0.2, 0.25) is 0 Å². The maximum Gasteiger partial charge on any atom is 0.123 e. The van der Waals surface area contributed by atoms with Crippen LogP contribution in [0.3, 0.4) is 0 Å². The number of rotatable bonds is 4. The van der Waals surface area contributed by atoms with Crippen molar-refractivity contribution in [3.8, 4) is 5.75 Å². The van der Waals surface area contributed by atoms with E-state index in [9.17, 15) is 9.50 Å². The number of fused-ring (bicyclic) bond motifs is 1. The standard InChI is InChI=1S/C22H21FN2O2/c23-20-6-3-16(4-7-20)14-25-10-11-27-21-8-5-17(12-19(21)15-25)22(26)18-2-1-9-24-13-18/h1-9,12-13,22,26H,10-11,14-15H2. The molecular weight excluding hydrogens is 343 g/mol. The number of ether oxygens (including phenoxy) is 1. The first kappa shape index (κ1) is 17.6. The van der Waals surface area contributed by atoms with Crippen LogP contribution in [-0.4, -0.2) is 28.1 Å². The van der Waals surface area contributed by atoms with Gasteiger partial charge in [-0.1, -0.05) is 24.3 Å². The predicted octanol–water partition coefficient (Wildman–Crippen LogP) is 3.70. The van der Waals surface area contributed by atoms with Gasteiger partial charge in [0, 0.05) is 43.2 Å². The molecule has 2 heterocycles. The summed E-state index contributed by atoms with van der Waals surface area (Å²) in [6.45, 7) is 2.81. The smallest absolute Gasteiger partial charge is 0.123 e. The van der Waals surface area contributed by atoms with Crippen LogP contribution in [0.1, 0.15) is 28.4 Å². The zero-order valence-electron chi connectivity index (χ0n) is 14.9. The lowest BCUT2D eigenvalue weighted by molar-refractivity contribution is 0.218. The maximum atomic E-state index is 13.1. The van der Waals surface area contributed by atoms with Crippen LogP contribution in [-0.2, 0) is 13.1 Å². The molecule has 2 aromatic carbocycles. The second-order valence-electron chi connectivity index (χ2n) is 6.74. The molecule has 1 atom stereocenters. The number of benzene rings is 2. The minimum atomic E-state index is -0.724. The Morgan fingerprint density at radius 1 is 1.11 bits per heavy atom. The average Bonchev–Trinajstić information content (AvgIpc) is 2.91. The number of aliphatic hydroxyl groups is 1. The molecule has 0 fully saturated rings. The maximum absolute atomic E-state index is 13.1. The normalized spacial score (nSPS) is 15.5. The Morgan fingerprint density at radius 3 is 2.74 bits per heavy atom. The van der Waals surface area contributed by atoms with Crippen molar-refractivity contribution in [2.45, 2.75) is 19.2 Å². The average molecular weight is 364 g/mol. The molecule has 5 heteroatoms. The highest BCUT2D eigenvalue weighted by molar-refractivity contribution is 5.41. The van der Waals surface area contributed by atoms with E-state index in [-0.39, 0.29) is 5.82 Å². The predicted molar refractivity (Wildman–Crippen MR) is 101 cm³/mol. The van der Waals surface area contributed by atoms with Crippen LogP contribution in [0.2, 0.25) is 0 Å². The van der Waals surface area contributed by atoms with Gasteiger partial charge in [-0.2, -0.15) is 0 Å². The van der Waals surface area contributed by atoms with Crippen molar-refractivity contribution in [3.05, 3.63) is 95.1 Å². The molecule has 1 aliphatic heterocycles. The Kier molecular flexibility index (Phi) is 5.14. The van der Waals surface area contributed by atoms with E-state index in [4.69, 9.17) is 4.74 Å². The summed E-state index contributed by atoms with van der Waals surface area (Å²) >= 11 is 0. The molecule has 27 heavy (non-hydrogen) atoms. The van der Waals surface area contributed by atoms with Gasteiger partial charge in [-0.15, -0.1) is 0 Å². The topological polar surface area (TPSA) is 45.6 Å². The van der Waals surface area contributed by atoms with E-state index in [1.165, 1.54) is 12.1 Å². The van der Waals surface area contributed by atoms with Crippen LogP contribution < -0.4 is 4.74 Å². The van der Waals surface area contributed by atoms with Crippen LogP contribution in [0, 0.1) is 5.82 Å². The molecule has 0 saturated heterocycles. The van der Waals surface area contributed by atoms with Crippen molar-refractivity contribution in [1.82, 2.24) is 9.88 Å². The molecule has 0 bridgehead atoms. The van der Waals surface area contributed by atoms with Crippen molar-refractivity contribution < 1.29 is 14.2 Å². The number of hydrogen-bond donors (Lipinski definition) is 1. The third kappa shape index (κ3) is 4.15. The van der Waals surface area contributed by atoms with E-state index in [0.29, 0.717) is 13.2 Å². The summed E-state index contributed by atoms with van der Waals surface area (Å²) < 4.78 is 19.0. The van der Waals surface area contributed by atoms with Gasteiger partial charge in [-0.05, 0) is 41.5 Å². The van der Waals surface area contributed by atoms with Crippen LogP contribution in [0.15, 0.2) is 67.0 Å². The fraction of sp³-hybridized carbons (Fsp3) is 0.227. The molecule has 4 rings (SSSR count). The second kappa shape index (κ2) is 7.86. The summed E-state index contributed by atoms with van der Waals surface area (Å²) in [5.74, 6) is 0.621.